The summed E-state index contributed by atoms with van der Waals surface area (Å²) in [5, 5.41) is 2.92. The lowest BCUT2D eigenvalue weighted by atomic mass is 9.80. The number of halogens is 2. The number of hydrogen-bond donors (Lipinski definition) is 2. The molecule has 1 aliphatic carbocycles. The van der Waals surface area contributed by atoms with Gasteiger partial charge < -0.3 is 10.3 Å². The predicted octanol–water partition coefficient (Wildman–Crippen LogP) is 4.47. The van der Waals surface area contributed by atoms with E-state index in [0.29, 0.717) is 24.1 Å². The molecule has 1 unspecified atom stereocenters. The van der Waals surface area contributed by atoms with Gasteiger partial charge in [-0.25, -0.2) is 13.8 Å². The molecule has 2 aromatic carbocycles. The lowest BCUT2D eigenvalue weighted by molar-refractivity contribution is 0.0953. The first-order valence-electron chi connectivity index (χ1n) is 9.31. The van der Waals surface area contributed by atoms with Gasteiger partial charge in [0.2, 0.25) is 0 Å². The van der Waals surface area contributed by atoms with E-state index in [1.807, 2.05) is 6.07 Å². The molecule has 0 saturated carbocycles. The van der Waals surface area contributed by atoms with E-state index in [1.54, 1.807) is 18.5 Å². The topological polar surface area (TPSA) is 57.8 Å². The number of carbonyl (C=O) groups excluding carboxylic acids is 1. The summed E-state index contributed by atoms with van der Waals surface area (Å²) in [6.45, 7) is 0.531. The molecule has 1 heterocycles. The molecule has 4 rings (SSSR count). The first-order chi connectivity index (χ1) is 13.1. The molecule has 3 aromatic rings. The Morgan fingerprint density at radius 3 is 3.04 bits per heavy atom. The van der Waals surface area contributed by atoms with Gasteiger partial charge in [-0.15, -0.1) is 0 Å². The van der Waals surface area contributed by atoms with Gasteiger partial charge in [0.1, 0.15) is 11.6 Å². The smallest absolute Gasteiger partial charge is 0.251 e. The molecule has 1 aliphatic rings. The van der Waals surface area contributed by atoms with Crippen LogP contribution in [0.2, 0.25) is 0 Å². The number of benzene rings is 2. The quantitative estimate of drug-likeness (QED) is 0.652. The average molecular weight is 369 g/mol. The van der Waals surface area contributed by atoms with Crippen LogP contribution >= 0.6 is 0 Å². The highest BCUT2D eigenvalue weighted by molar-refractivity contribution is 5.97. The summed E-state index contributed by atoms with van der Waals surface area (Å²) in [5.41, 5.74) is 3.69. The van der Waals surface area contributed by atoms with Crippen molar-refractivity contribution in [3.8, 4) is 0 Å². The second kappa shape index (κ2) is 7.47. The molecule has 4 nitrogen and oxygen atoms in total. The number of rotatable bonds is 5. The molecule has 1 atom stereocenters. The minimum Gasteiger partial charge on any atom is -0.352 e. The third kappa shape index (κ3) is 3.70. The van der Waals surface area contributed by atoms with Gasteiger partial charge in [0.25, 0.3) is 5.91 Å². The highest BCUT2D eigenvalue weighted by Crippen LogP contribution is 2.36. The van der Waals surface area contributed by atoms with Gasteiger partial charge in [0, 0.05) is 18.2 Å². The van der Waals surface area contributed by atoms with E-state index in [4.69, 9.17) is 0 Å². The van der Waals surface area contributed by atoms with Crippen LogP contribution in [-0.2, 0) is 6.42 Å². The maximum Gasteiger partial charge on any atom is 0.251 e. The molecule has 1 aromatic heterocycles. The molecule has 140 valence electrons. The number of aromatic nitrogens is 2. The second-order valence-electron chi connectivity index (χ2n) is 7.08. The zero-order valence-electron chi connectivity index (χ0n) is 14.9. The Hall–Kier alpha value is -2.76. The van der Waals surface area contributed by atoms with Crippen molar-refractivity contribution in [3.05, 3.63) is 65.0 Å². The number of imidazole rings is 1. The van der Waals surface area contributed by atoms with Crippen molar-refractivity contribution < 1.29 is 13.6 Å². The fourth-order valence-corrected chi connectivity index (χ4v) is 3.96. The van der Waals surface area contributed by atoms with Gasteiger partial charge in [0.05, 0.1) is 17.4 Å². The molecular formula is C21H21F2N3O. The summed E-state index contributed by atoms with van der Waals surface area (Å²) in [4.78, 5) is 19.4. The Bertz CT molecular complexity index is 983. The Morgan fingerprint density at radius 1 is 1.26 bits per heavy atom. The lowest BCUT2D eigenvalue weighted by Crippen LogP contribution is -2.25. The van der Waals surface area contributed by atoms with Crippen molar-refractivity contribution in [1.82, 2.24) is 15.3 Å². The first kappa shape index (κ1) is 17.6. The number of carbonyl (C=O) groups is 1. The van der Waals surface area contributed by atoms with Crippen LogP contribution in [0.25, 0.3) is 11.0 Å². The molecule has 0 fully saturated rings. The molecule has 2 N–H and O–H groups in total. The molecular weight excluding hydrogens is 348 g/mol. The monoisotopic (exact) mass is 369 g/mol. The third-order valence-corrected chi connectivity index (χ3v) is 5.31. The highest BCUT2D eigenvalue weighted by Gasteiger charge is 2.23. The van der Waals surface area contributed by atoms with E-state index in [1.165, 1.54) is 6.07 Å². The molecule has 0 spiro atoms. The largest absolute Gasteiger partial charge is 0.352 e. The fraction of sp³-hybridized carbons (Fsp3) is 0.333. The van der Waals surface area contributed by atoms with Crippen LogP contribution < -0.4 is 5.32 Å². The summed E-state index contributed by atoms with van der Waals surface area (Å²) in [5.74, 6) is -0.928. The number of amides is 1. The Morgan fingerprint density at radius 2 is 2.15 bits per heavy atom. The summed E-state index contributed by atoms with van der Waals surface area (Å²) in [7, 11) is 0. The highest BCUT2D eigenvalue weighted by atomic mass is 19.1. The van der Waals surface area contributed by atoms with E-state index in [9.17, 15) is 13.6 Å². The van der Waals surface area contributed by atoms with Crippen LogP contribution in [0.5, 0.6) is 0 Å². The maximum absolute atomic E-state index is 14.0. The van der Waals surface area contributed by atoms with E-state index >= 15 is 0 Å². The van der Waals surface area contributed by atoms with E-state index in [-0.39, 0.29) is 11.8 Å². The zero-order valence-corrected chi connectivity index (χ0v) is 14.9. The van der Waals surface area contributed by atoms with Crippen LogP contribution in [0.3, 0.4) is 0 Å². The maximum atomic E-state index is 14.0. The second-order valence-corrected chi connectivity index (χ2v) is 7.08. The molecule has 0 radical (unpaired) electrons. The Balaban J connectivity index is 1.33. The molecule has 6 heteroatoms. The number of H-pyrrole nitrogens is 1. The summed E-state index contributed by atoms with van der Waals surface area (Å²) >= 11 is 0. The summed E-state index contributed by atoms with van der Waals surface area (Å²) in [6.07, 6.45) is 5.68. The number of nitrogens with zero attached hydrogens (tertiary/aromatic N) is 1. The van der Waals surface area contributed by atoms with E-state index < -0.39 is 11.6 Å². The zero-order chi connectivity index (χ0) is 18.8. The van der Waals surface area contributed by atoms with Crippen molar-refractivity contribution in [1.29, 1.82) is 0 Å². The van der Waals surface area contributed by atoms with Crippen LogP contribution in [0.4, 0.5) is 8.78 Å². The van der Waals surface area contributed by atoms with Gasteiger partial charge in [-0.2, -0.15) is 0 Å². The van der Waals surface area contributed by atoms with Crippen molar-refractivity contribution >= 4 is 16.9 Å². The number of aromatic amines is 1. The van der Waals surface area contributed by atoms with Crippen molar-refractivity contribution in [2.45, 2.75) is 38.0 Å². The van der Waals surface area contributed by atoms with Gasteiger partial charge in [-0.1, -0.05) is 0 Å². The minimum absolute atomic E-state index is 0.132. The Kier molecular flexibility index (Phi) is 4.88. The van der Waals surface area contributed by atoms with E-state index in [0.717, 1.165) is 48.3 Å². The molecule has 0 bridgehead atoms. The van der Waals surface area contributed by atoms with Gasteiger partial charge >= 0.3 is 0 Å². The average Bonchev–Trinajstić information content (AvgIpc) is 3.13. The summed E-state index contributed by atoms with van der Waals surface area (Å²) in [6, 6.07) is 7.78. The van der Waals surface area contributed by atoms with Crippen molar-refractivity contribution in [2.75, 3.05) is 6.54 Å². The van der Waals surface area contributed by atoms with Crippen LogP contribution in [-0.4, -0.2) is 22.4 Å². The van der Waals surface area contributed by atoms with E-state index in [2.05, 4.69) is 15.3 Å². The molecule has 0 saturated heterocycles. The first-order valence-corrected chi connectivity index (χ1v) is 9.31. The number of nitrogens with one attached hydrogen (secondary N) is 2. The SMILES string of the molecule is O=C(NCCCC1CCCc2c(F)cc(F)cc21)c1ccc2nc[nH]c2c1. The van der Waals surface area contributed by atoms with Gasteiger partial charge in [-0.05, 0) is 73.4 Å². The molecule has 0 aliphatic heterocycles. The van der Waals surface area contributed by atoms with Crippen molar-refractivity contribution in [2.24, 2.45) is 0 Å². The minimum atomic E-state index is -0.513. The molecule has 27 heavy (non-hydrogen) atoms. The third-order valence-electron chi connectivity index (χ3n) is 5.31. The van der Waals surface area contributed by atoms with Gasteiger partial charge in [0.15, 0.2) is 0 Å². The normalized spacial score (nSPS) is 16.3. The fourth-order valence-electron chi connectivity index (χ4n) is 3.96. The standard InChI is InChI=1S/C21H21F2N3O/c22-15-10-17-13(3-1-5-16(17)18(23)11-15)4-2-8-24-21(27)14-6-7-19-20(9-14)26-12-25-19/h6-7,9-13H,1-5,8H2,(H,24,27)(H,25,26). The number of hydrogen-bond acceptors (Lipinski definition) is 2. The molecule has 1 amide bonds. The van der Waals surface area contributed by atoms with Gasteiger partial charge in [-0.3, -0.25) is 4.79 Å². The number of fused-ring (bicyclic) bond motifs is 2. The Labute approximate surface area is 156 Å². The van der Waals surface area contributed by atoms with Crippen LogP contribution in [0.15, 0.2) is 36.7 Å². The lowest BCUT2D eigenvalue weighted by Gasteiger charge is -2.26. The predicted molar refractivity (Wildman–Crippen MR) is 99.7 cm³/mol. The van der Waals surface area contributed by atoms with Crippen LogP contribution in [0, 0.1) is 11.6 Å². The summed E-state index contributed by atoms with van der Waals surface area (Å²) < 4.78 is 27.6. The van der Waals surface area contributed by atoms with Crippen LogP contribution in [0.1, 0.15) is 53.1 Å². The van der Waals surface area contributed by atoms with Crippen molar-refractivity contribution in [3.63, 3.8) is 0 Å².